The molecule has 2 rings (SSSR count). The number of phenolic OH excluding ortho intramolecular Hbond substituents is 1. The van der Waals surface area contributed by atoms with Crippen LogP contribution in [-0.2, 0) is 0 Å². The van der Waals surface area contributed by atoms with Gasteiger partial charge in [-0.15, -0.1) is 5.73 Å². The Balaban J connectivity index is 2.08. The molecule has 0 aliphatic carbocycles. The number of benzene rings is 2. The maximum Gasteiger partial charge on any atom is 0.121 e. The second-order valence-corrected chi connectivity index (χ2v) is 6.88. The minimum atomic E-state index is -0.815. The zero-order valence-electron chi connectivity index (χ0n) is 15.9. The largest absolute Gasteiger partial charge is 0.508 e. The van der Waals surface area contributed by atoms with Crippen molar-refractivity contribution in [2.45, 2.75) is 38.9 Å². The van der Waals surface area contributed by atoms with Gasteiger partial charge in [0.15, 0.2) is 0 Å². The van der Waals surface area contributed by atoms with Gasteiger partial charge in [0.05, 0.1) is 12.2 Å². The van der Waals surface area contributed by atoms with Gasteiger partial charge >= 0.3 is 0 Å². The quantitative estimate of drug-likeness (QED) is 0.575. The predicted molar refractivity (Wildman–Crippen MR) is 107 cm³/mol. The van der Waals surface area contributed by atoms with Crippen LogP contribution in [0.4, 0.5) is 0 Å². The minimum Gasteiger partial charge on any atom is -0.508 e. The van der Waals surface area contributed by atoms with Gasteiger partial charge in [-0.05, 0) is 30.2 Å². The minimum absolute atomic E-state index is 0.0743. The molecule has 0 aromatic heterocycles. The van der Waals surface area contributed by atoms with Crippen molar-refractivity contribution in [3.8, 4) is 11.5 Å². The Morgan fingerprint density at radius 1 is 1.04 bits per heavy atom. The Labute approximate surface area is 161 Å². The molecule has 0 unspecified atom stereocenters. The normalized spacial score (nSPS) is 12.9. The molecule has 0 amide bonds. The number of aliphatic hydroxyl groups is 2. The molecule has 0 saturated heterocycles. The number of hydrogen-bond acceptors (Lipinski definition) is 4. The van der Waals surface area contributed by atoms with Crippen molar-refractivity contribution < 1.29 is 20.1 Å². The van der Waals surface area contributed by atoms with E-state index in [-0.39, 0.29) is 11.7 Å². The van der Waals surface area contributed by atoms with Crippen LogP contribution in [-0.4, -0.2) is 28.0 Å². The number of para-hydroxylation sites is 2. The van der Waals surface area contributed by atoms with Gasteiger partial charge < -0.3 is 20.1 Å². The Morgan fingerprint density at radius 3 is 2.37 bits per heavy atom. The van der Waals surface area contributed by atoms with Crippen LogP contribution in [0, 0.1) is 5.92 Å². The zero-order valence-corrected chi connectivity index (χ0v) is 15.9. The third kappa shape index (κ3) is 6.95. The first kappa shape index (κ1) is 20.8. The summed E-state index contributed by atoms with van der Waals surface area (Å²) in [5, 5.41) is 30.3. The lowest BCUT2D eigenvalue weighted by Gasteiger charge is -2.16. The number of hydrogen-bond donors (Lipinski definition) is 3. The van der Waals surface area contributed by atoms with Crippen molar-refractivity contribution in [2.75, 3.05) is 6.61 Å². The van der Waals surface area contributed by atoms with Crippen LogP contribution in [0.5, 0.6) is 11.5 Å². The van der Waals surface area contributed by atoms with Crippen molar-refractivity contribution in [3.63, 3.8) is 0 Å². The molecule has 0 saturated carbocycles. The number of phenols is 1. The number of aromatic hydroxyl groups is 1. The molecule has 0 aliphatic heterocycles. The average Bonchev–Trinajstić information content (AvgIpc) is 2.66. The maximum absolute atomic E-state index is 10.3. The van der Waals surface area contributed by atoms with E-state index in [9.17, 15) is 15.3 Å². The highest BCUT2D eigenvalue weighted by Gasteiger charge is 2.13. The molecule has 4 nitrogen and oxygen atoms in total. The van der Waals surface area contributed by atoms with Crippen molar-refractivity contribution in [3.05, 3.63) is 77.5 Å². The Hall–Kier alpha value is -2.52. The van der Waals surface area contributed by atoms with Crippen molar-refractivity contribution in [1.82, 2.24) is 0 Å². The van der Waals surface area contributed by atoms with Gasteiger partial charge in [-0.3, -0.25) is 0 Å². The van der Waals surface area contributed by atoms with Crippen LogP contribution >= 0.6 is 0 Å². The summed E-state index contributed by atoms with van der Waals surface area (Å²) >= 11 is 0. The highest BCUT2D eigenvalue weighted by molar-refractivity contribution is 5.33. The van der Waals surface area contributed by atoms with Crippen LogP contribution in [0.15, 0.2) is 72.0 Å². The first-order valence-corrected chi connectivity index (χ1v) is 9.22. The van der Waals surface area contributed by atoms with Gasteiger partial charge in [0.1, 0.15) is 18.1 Å². The highest BCUT2D eigenvalue weighted by atomic mass is 16.5. The summed E-state index contributed by atoms with van der Waals surface area (Å²) in [5.41, 5.74) is 4.47. The van der Waals surface area contributed by atoms with E-state index in [2.05, 4.69) is 5.73 Å². The van der Waals surface area contributed by atoms with E-state index in [4.69, 9.17) is 4.74 Å². The van der Waals surface area contributed by atoms with E-state index < -0.39 is 12.2 Å². The first-order valence-electron chi connectivity index (χ1n) is 9.22. The van der Waals surface area contributed by atoms with E-state index >= 15 is 0 Å². The number of ether oxygens (including phenoxy) is 1. The van der Waals surface area contributed by atoms with Crippen LogP contribution in [0.2, 0.25) is 0 Å². The van der Waals surface area contributed by atoms with E-state index in [0.717, 1.165) is 11.3 Å². The van der Waals surface area contributed by atoms with Gasteiger partial charge in [-0.1, -0.05) is 50.2 Å². The molecule has 2 aromatic carbocycles. The molecular weight excluding hydrogens is 340 g/mol. The Morgan fingerprint density at radius 2 is 1.70 bits per heavy atom. The highest BCUT2D eigenvalue weighted by Crippen LogP contribution is 2.26. The van der Waals surface area contributed by atoms with Crippen LogP contribution in [0.25, 0.3) is 0 Å². The third-order valence-corrected chi connectivity index (χ3v) is 4.32. The van der Waals surface area contributed by atoms with E-state index in [1.165, 1.54) is 0 Å². The fourth-order valence-electron chi connectivity index (χ4n) is 2.55. The van der Waals surface area contributed by atoms with Gasteiger partial charge in [0, 0.05) is 24.0 Å². The maximum atomic E-state index is 10.3. The summed E-state index contributed by atoms with van der Waals surface area (Å²) < 4.78 is 5.78. The molecule has 4 heteroatoms. The summed E-state index contributed by atoms with van der Waals surface area (Å²) in [4.78, 5) is 0. The summed E-state index contributed by atoms with van der Waals surface area (Å²) in [6, 6.07) is 16.2. The van der Waals surface area contributed by atoms with E-state index in [1.807, 2.05) is 44.2 Å². The molecule has 3 N–H and O–H groups in total. The molecule has 0 fully saturated rings. The van der Waals surface area contributed by atoms with Crippen LogP contribution < -0.4 is 4.74 Å². The number of rotatable bonds is 9. The second kappa shape index (κ2) is 10.6. The summed E-state index contributed by atoms with van der Waals surface area (Å²) in [6.45, 7) is 4.24. The van der Waals surface area contributed by atoms with E-state index in [1.54, 1.807) is 30.3 Å². The average molecular weight is 368 g/mol. The van der Waals surface area contributed by atoms with Gasteiger partial charge in [-0.25, -0.2) is 0 Å². The lowest BCUT2D eigenvalue weighted by Crippen LogP contribution is -2.17. The lowest BCUT2D eigenvalue weighted by atomic mass is 9.99. The fourth-order valence-corrected chi connectivity index (χ4v) is 2.55. The van der Waals surface area contributed by atoms with Gasteiger partial charge in [-0.2, -0.15) is 0 Å². The molecule has 2 aromatic rings. The molecule has 0 bridgehead atoms. The van der Waals surface area contributed by atoms with Gasteiger partial charge in [0.25, 0.3) is 0 Å². The topological polar surface area (TPSA) is 69.9 Å². The van der Waals surface area contributed by atoms with Crippen molar-refractivity contribution >= 4 is 0 Å². The Kier molecular flexibility index (Phi) is 8.15. The first-order chi connectivity index (χ1) is 13.0. The van der Waals surface area contributed by atoms with Crippen molar-refractivity contribution in [2.24, 2.45) is 5.92 Å². The van der Waals surface area contributed by atoms with Crippen LogP contribution in [0.3, 0.4) is 0 Å². The zero-order chi connectivity index (χ0) is 19.6. The lowest BCUT2D eigenvalue weighted by molar-refractivity contribution is 0.122. The molecule has 0 spiro atoms. The van der Waals surface area contributed by atoms with Crippen molar-refractivity contribution in [1.29, 1.82) is 0 Å². The second-order valence-electron chi connectivity index (χ2n) is 6.88. The molecule has 2 atom stereocenters. The summed E-state index contributed by atoms with van der Waals surface area (Å²) in [7, 11) is 0. The third-order valence-electron chi connectivity index (χ3n) is 4.32. The molecular formula is C23H28O4. The molecule has 0 aliphatic rings. The fraction of sp³-hybridized carbons (Fsp3) is 0.348. The monoisotopic (exact) mass is 368 g/mol. The number of aliphatic hydroxyl groups excluding tert-OH is 2. The SMILES string of the molecule is CC(C)[C@H](O)CC(=C=CC[C@@H](O)c1ccccc1O)COc1ccccc1. The smallest absolute Gasteiger partial charge is 0.121 e. The molecule has 144 valence electrons. The van der Waals surface area contributed by atoms with Crippen LogP contribution in [0.1, 0.15) is 38.4 Å². The summed E-state index contributed by atoms with van der Waals surface area (Å²) in [5.74, 6) is 0.959. The standard InChI is InChI=1S/C23H28O4/c1-17(2)23(26)15-18(16-27-19-10-4-3-5-11-19)9-8-14-22(25)20-12-6-7-13-21(20)24/h3-8,10-13,17,22-26H,14-16H2,1-2H3/t9?,22-,23-/m1/s1. The summed E-state index contributed by atoms with van der Waals surface area (Å²) in [6.07, 6.45) is 1.19. The van der Waals surface area contributed by atoms with E-state index in [0.29, 0.717) is 25.0 Å². The Bertz CT molecular complexity index is 761. The molecule has 0 heterocycles. The van der Waals surface area contributed by atoms with Gasteiger partial charge in [0.2, 0.25) is 0 Å². The predicted octanol–water partition coefficient (Wildman–Crippen LogP) is 4.38. The molecule has 0 radical (unpaired) electrons. The molecule has 27 heavy (non-hydrogen) atoms.